The van der Waals surface area contributed by atoms with Gasteiger partial charge in [0.05, 0.1) is 12.6 Å². The molecule has 0 spiro atoms. The van der Waals surface area contributed by atoms with Crippen LogP contribution in [0, 0.1) is 5.82 Å². The Morgan fingerprint density at radius 3 is 2.73 bits per heavy atom. The molecule has 1 aromatic carbocycles. The van der Waals surface area contributed by atoms with Gasteiger partial charge in [-0.15, -0.1) is 0 Å². The second-order valence-electron chi connectivity index (χ2n) is 5.66. The summed E-state index contributed by atoms with van der Waals surface area (Å²) >= 11 is 0. The first-order valence-corrected chi connectivity index (χ1v) is 7.50. The molecule has 1 heterocycles. The van der Waals surface area contributed by atoms with E-state index in [1.165, 1.54) is 12.1 Å². The first-order valence-electron chi connectivity index (χ1n) is 7.50. The van der Waals surface area contributed by atoms with Gasteiger partial charge in [0.1, 0.15) is 11.9 Å². The number of ether oxygens (including phenoxy) is 1. The molecule has 1 amide bonds. The van der Waals surface area contributed by atoms with Gasteiger partial charge >= 0.3 is 0 Å². The number of carbonyl (C=O) groups is 1. The third kappa shape index (κ3) is 4.50. The summed E-state index contributed by atoms with van der Waals surface area (Å²) in [6, 6.07) is 6.24. The molecule has 0 aliphatic carbocycles. The number of hydrogen-bond acceptors (Lipinski definition) is 4. The second kappa shape index (κ2) is 7.67. The van der Waals surface area contributed by atoms with Gasteiger partial charge in [0.15, 0.2) is 0 Å². The average molecular weight is 310 g/mol. The summed E-state index contributed by atoms with van der Waals surface area (Å²) in [4.78, 5) is 15.8. The van der Waals surface area contributed by atoms with E-state index in [1.807, 2.05) is 18.9 Å². The summed E-state index contributed by atoms with van der Waals surface area (Å²) < 4.78 is 18.3. The van der Waals surface area contributed by atoms with E-state index in [0.29, 0.717) is 26.2 Å². The Labute approximate surface area is 130 Å². The number of nitrogens with zero attached hydrogens (tertiary/aromatic N) is 2. The van der Waals surface area contributed by atoms with Crippen molar-refractivity contribution in [3.05, 3.63) is 35.6 Å². The molecule has 1 fully saturated rings. The number of aliphatic hydroxyl groups excluding tert-OH is 1. The Hall–Kier alpha value is -1.50. The standard InChI is InChI=1S/C16H23FN2O3/c1-3-22-15-10-19(9-14(15)20)16(21)11-18(2)8-12-4-6-13(17)7-5-12/h4-7,14-15,20H,3,8-11H2,1-2H3/t14-,15-/m1/s1. The number of aliphatic hydroxyl groups is 1. The molecule has 1 aromatic rings. The van der Waals surface area contributed by atoms with Crippen LogP contribution in [0.25, 0.3) is 0 Å². The van der Waals surface area contributed by atoms with Crippen LogP contribution in [-0.4, -0.2) is 66.3 Å². The summed E-state index contributed by atoms with van der Waals surface area (Å²) in [6.07, 6.45) is -0.914. The molecule has 22 heavy (non-hydrogen) atoms. The molecule has 0 aromatic heterocycles. The van der Waals surface area contributed by atoms with Gasteiger partial charge < -0.3 is 14.7 Å². The summed E-state index contributed by atoms with van der Waals surface area (Å²) in [7, 11) is 1.84. The topological polar surface area (TPSA) is 53.0 Å². The van der Waals surface area contributed by atoms with Crippen LogP contribution in [0.5, 0.6) is 0 Å². The quantitative estimate of drug-likeness (QED) is 0.847. The molecule has 6 heteroatoms. The SMILES string of the molecule is CCO[C@@H]1CN(C(=O)CN(C)Cc2ccc(F)cc2)C[C@H]1O. The van der Waals surface area contributed by atoms with E-state index >= 15 is 0 Å². The van der Waals surface area contributed by atoms with E-state index < -0.39 is 6.10 Å². The fraction of sp³-hybridized carbons (Fsp3) is 0.562. The predicted molar refractivity (Wildman–Crippen MR) is 80.7 cm³/mol. The van der Waals surface area contributed by atoms with Crippen molar-refractivity contribution >= 4 is 5.91 Å². The minimum atomic E-state index is -0.619. The number of β-amino-alcohol motifs (C(OH)–C–C–N with tert-alkyl or cyclic N) is 1. The zero-order valence-corrected chi connectivity index (χ0v) is 13.0. The number of hydrogen-bond donors (Lipinski definition) is 1. The van der Waals surface area contributed by atoms with Crippen LogP contribution < -0.4 is 0 Å². The lowest BCUT2D eigenvalue weighted by Crippen LogP contribution is -2.38. The molecule has 0 saturated carbocycles. The molecule has 2 rings (SSSR count). The smallest absolute Gasteiger partial charge is 0.236 e. The zero-order valence-electron chi connectivity index (χ0n) is 13.0. The van der Waals surface area contributed by atoms with E-state index in [9.17, 15) is 14.3 Å². The molecule has 1 aliphatic rings. The molecular weight excluding hydrogens is 287 g/mol. The number of likely N-dealkylation sites (tertiary alicyclic amines) is 1. The molecule has 1 N–H and O–H groups in total. The highest BCUT2D eigenvalue weighted by atomic mass is 19.1. The molecule has 0 radical (unpaired) electrons. The molecule has 122 valence electrons. The van der Waals surface area contributed by atoms with Gasteiger partial charge in [-0.2, -0.15) is 0 Å². The van der Waals surface area contributed by atoms with E-state index in [1.54, 1.807) is 17.0 Å². The van der Waals surface area contributed by atoms with Gasteiger partial charge in [0.25, 0.3) is 0 Å². The first kappa shape index (κ1) is 16.9. The maximum atomic E-state index is 12.9. The van der Waals surface area contributed by atoms with Crippen molar-refractivity contribution in [2.24, 2.45) is 0 Å². The van der Waals surface area contributed by atoms with E-state index in [4.69, 9.17) is 4.74 Å². The number of carbonyl (C=O) groups excluding carboxylic acids is 1. The van der Waals surface area contributed by atoms with Crippen molar-refractivity contribution in [3.8, 4) is 0 Å². The van der Waals surface area contributed by atoms with E-state index in [-0.39, 0.29) is 24.4 Å². The minimum absolute atomic E-state index is 0.0362. The van der Waals surface area contributed by atoms with Gasteiger partial charge in [0, 0.05) is 26.2 Å². The molecule has 1 saturated heterocycles. The van der Waals surface area contributed by atoms with Crippen LogP contribution in [0.2, 0.25) is 0 Å². The van der Waals surface area contributed by atoms with E-state index in [0.717, 1.165) is 5.56 Å². The number of benzene rings is 1. The number of amides is 1. The van der Waals surface area contributed by atoms with Gasteiger partial charge in [-0.25, -0.2) is 4.39 Å². The van der Waals surface area contributed by atoms with Crippen molar-refractivity contribution in [1.29, 1.82) is 0 Å². The first-order chi connectivity index (χ1) is 10.5. The Bertz CT molecular complexity index is 495. The fourth-order valence-corrected chi connectivity index (χ4v) is 2.63. The van der Waals surface area contributed by atoms with Crippen molar-refractivity contribution in [1.82, 2.24) is 9.80 Å². The number of likely N-dealkylation sites (N-methyl/N-ethyl adjacent to an activating group) is 1. The van der Waals surface area contributed by atoms with Gasteiger partial charge in [-0.3, -0.25) is 9.69 Å². The monoisotopic (exact) mass is 310 g/mol. The Morgan fingerprint density at radius 2 is 2.09 bits per heavy atom. The minimum Gasteiger partial charge on any atom is -0.388 e. The summed E-state index contributed by atoms with van der Waals surface area (Å²) in [6.45, 7) is 3.95. The Balaban J connectivity index is 1.82. The molecule has 0 bridgehead atoms. The molecule has 0 unspecified atom stereocenters. The maximum Gasteiger partial charge on any atom is 0.236 e. The molecule has 2 atom stereocenters. The van der Waals surface area contributed by atoms with Gasteiger partial charge in [0.2, 0.25) is 5.91 Å². The average Bonchev–Trinajstić information content (AvgIpc) is 2.83. The molecule has 1 aliphatic heterocycles. The number of rotatable bonds is 6. The normalized spacial score (nSPS) is 21.6. The largest absolute Gasteiger partial charge is 0.388 e. The lowest BCUT2D eigenvalue weighted by atomic mass is 10.2. The third-order valence-corrected chi connectivity index (χ3v) is 3.74. The maximum absolute atomic E-state index is 12.9. The van der Waals surface area contributed by atoms with Gasteiger partial charge in [-0.1, -0.05) is 12.1 Å². The van der Waals surface area contributed by atoms with Crippen molar-refractivity contribution < 1.29 is 19.0 Å². The molecule has 5 nitrogen and oxygen atoms in total. The van der Waals surface area contributed by atoms with Gasteiger partial charge in [-0.05, 0) is 31.7 Å². The predicted octanol–water partition coefficient (Wildman–Crippen LogP) is 0.866. The van der Waals surface area contributed by atoms with Crippen LogP contribution >= 0.6 is 0 Å². The van der Waals surface area contributed by atoms with Crippen molar-refractivity contribution in [3.63, 3.8) is 0 Å². The lowest BCUT2D eigenvalue weighted by Gasteiger charge is -2.21. The van der Waals surface area contributed by atoms with Crippen LogP contribution in [0.1, 0.15) is 12.5 Å². The highest BCUT2D eigenvalue weighted by molar-refractivity contribution is 5.78. The Kier molecular flexibility index (Phi) is 5.88. The molecular formula is C16H23FN2O3. The second-order valence-corrected chi connectivity index (χ2v) is 5.66. The summed E-state index contributed by atoms with van der Waals surface area (Å²) in [5.74, 6) is -0.304. The van der Waals surface area contributed by atoms with Crippen LogP contribution in [0.15, 0.2) is 24.3 Å². The lowest BCUT2D eigenvalue weighted by molar-refractivity contribution is -0.131. The third-order valence-electron chi connectivity index (χ3n) is 3.74. The summed E-state index contributed by atoms with van der Waals surface area (Å²) in [5.41, 5.74) is 0.949. The number of halogens is 1. The fourth-order valence-electron chi connectivity index (χ4n) is 2.63. The van der Waals surface area contributed by atoms with Crippen LogP contribution in [-0.2, 0) is 16.1 Å². The van der Waals surface area contributed by atoms with Crippen molar-refractivity contribution in [2.75, 3.05) is 33.3 Å². The summed E-state index contributed by atoms with van der Waals surface area (Å²) in [5, 5.41) is 9.87. The van der Waals surface area contributed by atoms with Crippen LogP contribution in [0.3, 0.4) is 0 Å². The zero-order chi connectivity index (χ0) is 16.1. The highest BCUT2D eigenvalue weighted by Crippen LogP contribution is 2.14. The van der Waals surface area contributed by atoms with Crippen LogP contribution in [0.4, 0.5) is 4.39 Å². The Morgan fingerprint density at radius 1 is 1.41 bits per heavy atom. The van der Waals surface area contributed by atoms with Crippen molar-refractivity contribution in [2.45, 2.75) is 25.7 Å². The highest BCUT2D eigenvalue weighted by Gasteiger charge is 2.34. The van der Waals surface area contributed by atoms with E-state index in [2.05, 4.69) is 0 Å².